The maximum Gasteiger partial charge on any atom is 0.330 e. The number of fused-ring (bicyclic) bond motifs is 1. The summed E-state index contributed by atoms with van der Waals surface area (Å²) in [5, 5.41) is 0. The lowest BCUT2D eigenvalue weighted by molar-refractivity contribution is -0.151. The predicted molar refractivity (Wildman–Crippen MR) is 189 cm³/mol. The van der Waals surface area contributed by atoms with Crippen LogP contribution in [-0.4, -0.2) is 72.2 Å². The van der Waals surface area contributed by atoms with Gasteiger partial charge in [-0.15, -0.1) is 0 Å². The Morgan fingerprint density at radius 3 is 1.42 bits per heavy atom. The number of ether oxygens (including phenoxy) is 6. The van der Waals surface area contributed by atoms with Gasteiger partial charge < -0.3 is 28.4 Å². The molecule has 274 valence electrons. The number of aryl methyl sites for hydroxylation is 1. The van der Waals surface area contributed by atoms with Gasteiger partial charge in [0.25, 0.3) is 0 Å². The first kappa shape index (κ1) is 39.1. The molecule has 53 heavy (non-hydrogen) atoms. The van der Waals surface area contributed by atoms with E-state index in [1.54, 1.807) is 48.5 Å². The van der Waals surface area contributed by atoms with E-state index in [0.717, 1.165) is 17.7 Å². The molecule has 14 heteroatoms. The van der Waals surface area contributed by atoms with Crippen molar-refractivity contribution in [3.8, 4) is 34.0 Å². The Balaban J connectivity index is 1.38. The van der Waals surface area contributed by atoms with Gasteiger partial charge >= 0.3 is 35.8 Å². The van der Waals surface area contributed by atoms with Gasteiger partial charge in [-0.1, -0.05) is 25.3 Å². The standard InChI is InChI=1S/C39H36N2O12/c1-4-31(42)48-21-23-50-33(44)17-19-35(46)52-28-13-9-26(10-14-28)38-39(41-37-25(3)7-6-8-30(37)40-38)27-11-15-29(16-12-27)53-36(47)20-18-34(45)51-24-22-49-32(43)5-2/h4-16H,1-2,17-24H2,3H3. The molecule has 0 aliphatic carbocycles. The van der Waals surface area contributed by atoms with Crippen LogP contribution in [0.2, 0.25) is 0 Å². The Morgan fingerprint density at radius 1 is 0.547 bits per heavy atom. The van der Waals surface area contributed by atoms with Crippen LogP contribution < -0.4 is 9.47 Å². The molecule has 0 radical (unpaired) electrons. The van der Waals surface area contributed by atoms with Crippen molar-refractivity contribution in [1.29, 1.82) is 0 Å². The van der Waals surface area contributed by atoms with Gasteiger partial charge in [-0.05, 0) is 67.1 Å². The van der Waals surface area contributed by atoms with Crippen LogP contribution in [0, 0.1) is 6.92 Å². The number of nitrogens with zero attached hydrogens (tertiary/aromatic N) is 2. The van der Waals surface area contributed by atoms with E-state index in [0.29, 0.717) is 33.5 Å². The minimum Gasteiger partial charge on any atom is -0.462 e. The van der Waals surface area contributed by atoms with Crippen LogP contribution in [0.5, 0.6) is 11.5 Å². The van der Waals surface area contributed by atoms with E-state index in [4.69, 9.17) is 38.4 Å². The molecular weight excluding hydrogens is 688 g/mol. The molecule has 1 aromatic heterocycles. The highest BCUT2D eigenvalue weighted by molar-refractivity contribution is 5.88. The molecular formula is C39H36N2O12. The monoisotopic (exact) mass is 724 g/mol. The van der Waals surface area contributed by atoms with E-state index in [9.17, 15) is 28.8 Å². The van der Waals surface area contributed by atoms with E-state index in [1.165, 1.54) is 0 Å². The van der Waals surface area contributed by atoms with Crippen LogP contribution in [0.4, 0.5) is 0 Å². The van der Waals surface area contributed by atoms with Gasteiger partial charge in [0, 0.05) is 23.3 Å². The Morgan fingerprint density at radius 2 is 0.962 bits per heavy atom. The number of hydrogen-bond acceptors (Lipinski definition) is 14. The van der Waals surface area contributed by atoms with Gasteiger partial charge in [-0.25, -0.2) is 19.6 Å². The summed E-state index contributed by atoms with van der Waals surface area (Å²) >= 11 is 0. The summed E-state index contributed by atoms with van der Waals surface area (Å²) in [6.45, 7) is 7.92. The molecule has 0 N–H and O–H groups in total. The molecule has 0 saturated heterocycles. The number of carbonyl (C=O) groups is 6. The van der Waals surface area contributed by atoms with Gasteiger partial charge in [-0.3, -0.25) is 19.2 Å². The van der Waals surface area contributed by atoms with Crippen molar-refractivity contribution in [1.82, 2.24) is 9.97 Å². The number of esters is 6. The van der Waals surface area contributed by atoms with Crippen molar-refractivity contribution in [2.24, 2.45) is 0 Å². The zero-order valence-electron chi connectivity index (χ0n) is 28.9. The summed E-state index contributed by atoms with van der Waals surface area (Å²) in [7, 11) is 0. The molecule has 0 spiro atoms. The first-order valence-corrected chi connectivity index (χ1v) is 16.4. The van der Waals surface area contributed by atoms with E-state index >= 15 is 0 Å². The lowest BCUT2D eigenvalue weighted by Gasteiger charge is -2.13. The Labute approximate surface area is 304 Å². The van der Waals surface area contributed by atoms with E-state index in [1.807, 2.05) is 25.1 Å². The van der Waals surface area contributed by atoms with Crippen LogP contribution in [-0.2, 0) is 47.7 Å². The molecule has 0 aliphatic rings. The second-order valence-corrected chi connectivity index (χ2v) is 11.0. The summed E-state index contributed by atoms with van der Waals surface area (Å²) in [6, 6.07) is 19.0. The number of rotatable bonds is 18. The maximum absolute atomic E-state index is 12.4. The predicted octanol–water partition coefficient (Wildman–Crippen LogP) is 5.19. The van der Waals surface area contributed by atoms with Crippen molar-refractivity contribution in [2.75, 3.05) is 26.4 Å². The largest absolute Gasteiger partial charge is 0.462 e. The van der Waals surface area contributed by atoms with Crippen molar-refractivity contribution in [2.45, 2.75) is 32.6 Å². The quantitative estimate of drug-likeness (QED) is 0.0429. The lowest BCUT2D eigenvalue weighted by atomic mass is 10.0. The molecule has 14 nitrogen and oxygen atoms in total. The number of aromatic nitrogens is 2. The number of carbonyl (C=O) groups excluding carboxylic acids is 6. The fourth-order valence-corrected chi connectivity index (χ4v) is 4.61. The smallest absolute Gasteiger partial charge is 0.330 e. The van der Waals surface area contributed by atoms with Crippen molar-refractivity contribution in [3.63, 3.8) is 0 Å². The minimum absolute atomic E-state index is 0.125. The van der Waals surface area contributed by atoms with E-state index in [2.05, 4.69) is 13.2 Å². The second kappa shape index (κ2) is 19.6. The molecule has 0 aliphatic heterocycles. The molecule has 1 heterocycles. The zero-order chi connectivity index (χ0) is 38.2. The fourth-order valence-electron chi connectivity index (χ4n) is 4.61. The third-order valence-electron chi connectivity index (χ3n) is 7.20. The maximum atomic E-state index is 12.4. The SMILES string of the molecule is C=CC(=O)OCCOC(=O)CCC(=O)Oc1ccc(-c2nc3cccc(C)c3nc2-c2ccc(OC(=O)CCC(=O)OCCOC(=O)C=C)cc2)cc1. The van der Waals surface area contributed by atoms with Crippen molar-refractivity contribution in [3.05, 3.63) is 97.6 Å². The van der Waals surface area contributed by atoms with Gasteiger partial charge in [0.15, 0.2) is 0 Å². The molecule has 4 aromatic rings. The third kappa shape index (κ3) is 12.2. The molecule has 0 atom stereocenters. The highest BCUT2D eigenvalue weighted by atomic mass is 16.6. The van der Waals surface area contributed by atoms with Crippen molar-refractivity contribution >= 4 is 46.8 Å². The summed E-state index contributed by atoms with van der Waals surface area (Å²) in [4.78, 5) is 80.5. The van der Waals surface area contributed by atoms with Crippen LogP contribution in [0.3, 0.4) is 0 Å². The first-order valence-electron chi connectivity index (χ1n) is 16.4. The number of para-hydroxylation sites is 1. The molecule has 0 unspecified atom stereocenters. The van der Waals surface area contributed by atoms with Gasteiger partial charge in [-0.2, -0.15) is 0 Å². The molecule has 0 amide bonds. The fraction of sp³-hybridized carbons (Fsp3) is 0.231. The molecule has 0 saturated carbocycles. The van der Waals surface area contributed by atoms with Crippen molar-refractivity contribution < 1.29 is 57.2 Å². The topological polar surface area (TPSA) is 184 Å². The Hall–Kier alpha value is -6.70. The summed E-state index contributed by atoms with van der Waals surface area (Å²) in [5.41, 5.74) is 4.75. The van der Waals surface area contributed by atoms with Gasteiger partial charge in [0.2, 0.25) is 0 Å². The summed E-state index contributed by atoms with van der Waals surface area (Å²) in [6.07, 6.45) is 1.11. The highest BCUT2D eigenvalue weighted by Gasteiger charge is 2.17. The van der Waals surface area contributed by atoms with Crippen LogP contribution in [0.1, 0.15) is 31.2 Å². The highest BCUT2D eigenvalue weighted by Crippen LogP contribution is 2.33. The average Bonchev–Trinajstić information content (AvgIpc) is 3.16. The summed E-state index contributed by atoms with van der Waals surface area (Å²) in [5.74, 6) is -3.33. The Bertz CT molecular complexity index is 1990. The molecule has 0 fully saturated rings. The average molecular weight is 725 g/mol. The van der Waals surface area contributed by atoms with Crippen LogP contribution in [0.15, 0.2) is 92.0 Å². The summed E-state index contributed by atoms with van der Waals surface area (Å²) < 4.78 is 30.1. The van der Waals surface area contributed by atoms with E-state index < -0.39 is 35.8 Å². The first-order chi connectivity index (χ1) is 25.6. The zero-order valence-corrected chi connectivity index (χ0v) is 28.9. The van der Waals surface area contributed by atoms with Crippen LogP contribution in [0.25, 0.3) is 33.5 Å². The Kier molecular flexibility index (Phi) is 14.5. The third-order valence-corrected chi connectivity index (χ3v) is 7.20. The van der Waals surface area contributed by atoms with Crippen LogP contribution >= 0.6 is 0 Å². The van der Waals surface area contributed by atoms with Gasteiger partial charge in [0.1, 0.15) is 37.9 Å². The molecule has 3 aromatic carbocycles. The molecule has 0 bridgehead atoms. The number of hydrogen-bond donors (Lipinski definition) is 0. The second-order valence-electron chi connectivity index (χ2n) is 11.0. The minimum atomic E-state index is -0.642. The normalized spacial score (nSPS) is 10.4. The number of benzene rings is 3. The lowest BCUT2D eigenvalue weighted by Crippen LogP contribution is -2.15. The van der Waals surface area contributed by atoms with Gasteiger partial charge in [0.05, 0.1) is 48.1 Å². The molecule has 4 rings (SSSR count). The van der Waals surface area contributed by atoms with E-state index in [-0.39, 0.29) is 63.6 Å².